The minimum absolute atomic E-state index is 0.570. The van der Waals surface area contributed by atoms with Gasteiger partial charge in [0.15, 0.2) is 5.11 Å². The number of hydrogen-bond donors (Lipinski definition) is 2. The van der Waals surface area contributed by atoms with E-state index in [0.29, 0.717) is 11.0 Å². The lowest BCUT2D eigenvalue weighted by Gasteiger charge is -2.17. The summed E-state index contributed by atoms with van der Waals surface area (Å²) >= 11 is 5.32. The topological polar surface area (TPSA) is 37.0 Å². The predicted molar refractivity (Wildman–Crippen MR) is 92.4 cm³/mol. The molecule has 0 aliphatic heterocycles. The van der Waals surface area contributed by atoms with E-state index in [1.54, 1.807) is 12.4 Å². The number of rotatable bonds is 6. The van der Waals surface area contributed by atoms with Gasteiger partial charge in [-0.3, -0.25) is 4.98 Å². The molecule has 110 valence electrons. The van der Waals surface area contributed by atoms with E-state index in [0.717, 1.165) is 25.1 Å². The second-order valence-corrected chi connectivity index (χ2v) is 5.45. The van der Waals surface area contributed by atoms with Crippen LogP contribution in [0, 0.1) is 5.92 Å². The molecule has 0 amide bonds. The molecule has 0 unspecified atom stereocenters. The molecule has 0 aliphatic rings. The van der Waals surface area contributed by atoms with Crippen LogP contribution in [0.25, 0.3) is 0 Å². The molecule has 2 rings (SSSR count). The molecule has 1 aromatic carbocycles. The molecular formula is C17H21N3S. The molecule has 0 bridgehead atoms. The Morgan fingerprint density at radius 3 is 2.67 bits per heavy atom. The second-order valence-electron chi connectivity index (χ2n) is 5.04. The molecule has 21 heavy (non-hydrogen) atoms. The Bertz CT molecular complexity index is 542. The summed E-state index contributed by atoms with van der Waals surface area (Å²) < 4.78 is 0. The first-order valence-electron chi connectivity index (χ1n) is 7.26. The van der Waals surface area contributed by atoms with Crippen molar-refractivity contribution in [2.24, 2.45) is 5.92 Å². The van der Waals surface area contributed by atoms with Gasteiger partial charge in [0.2, 0.25) is 0 Å². The van der Waals surface area contributed by atoms with Gasteiger partial charge in [-0.1, -0.05) is 43.7 Å². The predicted octanol–water partition coefficient (Wildman–Crippen LogP) is 3.64. The minimum atomic E-state index is 0.570. The van der Waals surface area contributed by atoms with Gasteiger partial charge in [-0.25, -0.2) is 0 Å². The van der Waals surface area contributed by atoms with Crippen LogP contribution in [0.4, 0.5) is 5.69 Å². The Labute approximate surface area is 131 Å². The largest absolute Gasteiger partial charge is 0.362 e. The maximum Gasteiger partial charge on any atom is 0.170 e. The molecular weight excluding hydrogens is 278 g/mol. The van der Waals surface area contributed by atoms with Crippen LogP contribution in [0.15, 0.2) is 54.9 Å². The van der Waals surface area contributed by atoms with Crippen LogP contribution in [0.1, 0.15) is 18.9 Å². The summed E-state index contributed by atoms with van der Waals surface area (Å²) in [5.74, 6) is 0.570. The zero-order chi connectivity index (χ0) is 14.9. The summed E-state index contributed by atoms with van der Waals surface area (Å²) in [5.41, 5.74) is 2.28. The van der Waals surface area contributed by atoms with Crippen molar-refractivity contribution >= 4 is 23.0 Å². The van der Waals surface area contributed by atoms with Crippen molar-refractivity contribution in [3.63, 3.8) is 0 Å². The quantitative estimate of drug-likeness (QED) is 0.799. The summed E-state index contributed by atoms with van der Waals surface area (Å²) in [4.78, 5) is 4.06. The molecule has 0 saturated carbocycles. The zero-order valence-corrected chi connectivity index (χ0v) is 13.1. The molecule has 2 N–H and O–H groups in total. The third-order valence-corrected chi connectivity index (χ3v) is 3.66. The average Bonchev–Trinajstić information content (AvgIpc) is 2.53. The third-order valence-electron chi connectivity index (χ3n) is 3.42. The van der Waals surface area contributed by atoms with Gasteiger partial charge >= 0.3 is 0 Å². The first-order chi connectivity index (χ1) is 10.3. The highest BCUT2D eigenvalue weighted by Crippen LogP contribution is 2.11. The molecule has 3 nitrogen and oxygen atoms in total. The van der Waals surface area contributed by atoms with E-state index < -0.39 is 0 Å². The first-order valence-corrected chi connectivity index (χ1v) is 7.67. The molecule has 0 aliphatic carbocycles. The molecule has 1 heterocycles. The van der Waals surface area contributed by atoms with E-state index in [9.17, 15) is 0 Å². The Hall–Kier alpha value is -1.94. The van der Waals surface area contributed by atoms with Gasteiger partial charge in [0.25, 0.3) is 0 Å². The van der Waals surface area contributed by atoms with Crippen LogP contribution in [-0.2, 0) is 6.42 Å². The number of benzene rings is 1. The van der Waals surface area contributed by atoms with Gasteiger partial charge in [-0.05, 0) is 42.3 Å². The molecule has 0 radical (unpaired) electrons. The van der Waals surface area contributed by atoms with Gasteiger partial charge in [0.1, 0.15) is 0 Å². The van der Waals surface area contributed by atoms with Crippen LogP contribution >= 0.6 is 12.2 Å². The van der Waals surface area contributed by atoms with Crippen LogP contribution in [0.5, 0.6) is 0 Å². The molecule has 1 atom stereocenters. The Balaban J connectivity index is 1.79. The van der Waals surface area contributed by atoms with E-state index in [-0.39, 0.29) is 0 Å². The number of thiocarbonyl (C=S) groups is 1. The standard InChI is InChI=1S/C17H21N3S/c1-2-14(11-15-7-4-3-5-8-15)12-19-17(21)20-16-9-6-10-18-13-16/h3-10,13-14H,2,11-12H2,1H3,(H2,19,20,21)/t14-/m1/s1. The molecule has 1 aromatic heterocycles. The maximum absolute atomic E-state index is 5.32. The second kappa shape index (κ2) is 8.37. The lowest BCUT2D eigenvalue weighted by Crippen LogP contribution is -2.33. The monoisotopic (exact) mass is 299 g/mol. The van der Waals surface area contributed by atoms with E-state index in [1.807, 2.05) is 12.1 Å². The smallest absolute Gasteiger partial charge is 0.170 e. The zero-order valence-electron chi connectivity index (χ0n) is 12.3. The number of anilines is 1. The number of pyridine rings is 1. The number of nitrogens with zero attached hydrogens (tertiary/aromatic N) is 1. The average molecular weight is 299 g/mol. The van der Waals surface area contributed by atoms with Gasteiger partial charge in [-0.2, -0.15) is 0 Å². The van der Waals surface area contributed by atoms with Crippen LogP contribution in [0.3, 0.4) is 0 Å². The lowest BCUT2D eigenvalue weighted by atomic mass is 9.97. The lowest BCUT2D eigenvalue weighted by molar-refractivity contribution is 0.498. The van der Waals surface area contributed by atoms with Crippen molar-refractivity contribution in [2.75, 3.05) is 11.9 Å². The minimum Gasteiger partial charge on any atom is -0.362 e. The van der Waals surface area contributed by atoms with Crippen LogP contribution in [-0.4, -0.2) is 16.6 Å². The summed E-state index contributed by atoms with van der Waals surface area (Å²) in [5, 5.41) is 7.09. The maximum atomic E-state index is 5.32. The van der Waals surface area contributed by atoms with Gasteiger partial charge in [0, 0.05) is 12.7 Å². The van der Waals surface area contributed by atoms with Gasteiger partial charge in [-0.15, -0.1) is 0 Å². The highest BCUT2D eigenvalue weighted by atomic mass is 32.1. The SMILES string of the molecule is CC[C@@H](CNC(=S)Nc1cccnc1)Cc1ccccc1. The van der Waals surface area contributed by atoms with Crippen LogP contribution < -0.4 is 10.6 Å². The van der Waals surface area contributed by atoms with Crippen molar-refractivity contribution in [3.8, 4) is 0 Å². The van der Waals surface area contributed by atoms with Gasteiger partial charge in [0.05, 0.1) is 11.9 Å². The molecule has 0 fully saturated rings. The summed E-state index contributed by atoms with van der Waals surface area (Å²) in [6.45, 7) is 3.09. The number of hydrogen-bond acceptors (Lipinski definition) is 2. The van der Waals surface area contributed by atoms with E-state index in [2.05, 4.69) is 52.9 Å². The molecule has 4 heteroatoms. The Morgan fingerprint density at radius 2 is 2.00 bits per heavy atom. The number of nitrogens with one attached hydrogen (secondary N) is 2. The van der Waals surface area contributed by atoms with Crippen molar-refractivity contribution in [3.05, 3.63) is 60.4 Å². The van der Waals surface area contributed by atoms with Crippen molar-refractivity contribution < 1.29 is 0 Å². The molecule has 0 spiro atoms. The van der Waals surface area contributed by atoms with Crippen LogP contribution in [0.2, 0.25) is 0 Å². The summed E-state index contributed by atoms with van der Waals surface area (Å²) in [7, 11) is 0. The Morgan fingerprint density at radius 1 is 1.19 bits per heavy atom. The fourth-order valence-corrected chi connectivity index (χ4v) is 2.36. The van der Waals surface area contributed by atoms with Crippen molar-refractivity contribution in [2.45, 2.75) is 19.8 Å². The van der Waals surface area contributed by atoms with E-state index in [4.69, 9.17) is 12.2 Å². The number of aromatic nitrogens is 1. The Kier molecular flexibility index (Phi) is 6.16. The molecule has 2 aromatic rings. The normalized spacial score (nSPS) is 11.7. The molecule has 0 saturated heterocycles. The van der Waals surface area contributed by atoms with E-state index >= 15 is 0 Å². The summed E-state index contributed by atoms with van der Waals surface area (Å²) in [6.07, 6.45) is 5.70. The first kappa shape index (κ1) is 15.4. The summed E-state index contributed by atoms with van der Waals surface area (Å²) in [6, 6.07) is 14.4. The third kappa shape index (κ3) is 5.52. The fraction of sp³-hybridized carbons (Fsp3) is 0.294. The van der Waals surface area contributed by atoms with Crippen molar-refractivity contribution in [1.82, 2.24) is 10.3 Å². The van der Waals surface area contributed by atoms with Gasteiger partial charge < -0.3 is 10.6 Å². The highest BCUT2D eigenvalue weighted by molar-refractivity contribution is 7.80. The highest BCUT2D eigenvalue weighted by Gasteiger charge is 2.08. The van der Waals surface area contributed by atoms with Crippen molar-refractivity contribution in [1.29, 1.82) is 0 Å². The fourth-order valence-electron chi connectivity index (χ4n) is 2.16. The van der Waals surface area contributed by atoms with E-state index in [1.165, 1.54) is 5.56 Å².